The third kappa shape index (κ3) is 3.33. The molecule has 5 rings (SSSR count). The van der Waals surface area contributed by atoms with Crippen LogP contribution in [0.15, 0.2) is 63.5 Å². The number of benzene rings is 2. The number of nitrogens with zero attached hydrogens (tertiary/aromatic N) is 2. The molecule has 1 unspecified atom stereocenters. The molecule has 32 heavy (non-hydrogen) atoms. The van der Waals surface area contributed by atoms with Crippen molar-refractivity contribution in [2.45, 2.75) is 19.9 Å². The molecule has 1 aromatic heterocycles. The number of hydrogen-bond acceptors (Lipinski definition) is 7. The molecule has 3 heterocycles. The number of carbonyl (C=O) groups excluding carboxylic acids is 1. The van der Waals surface area contributed by atoms with E-state index in [1.165, 1.54) is 18.3 Å². The first kappa shape index (κ1) is 20.3. The van der Waals surface area contributed by atoms with E-state index in [1.807, 2.05) is 55.5 Å². The van der Waals surface area contributed by atoms with Crippen molar-refractivity contribution >= 4 is 23.2 Å². The number of rotatable bonds is 4. The van der Waals surface area contributed by atoms with Gasteiger partial charge in [0.2, 0.25) is 6.79 Å². The number of fused-ring (bicyclic) bond motifs is 2. The van der Waals surface area contributed by atoms with Crippen molar-refractivity contribution in [3.8, 4) is 17.2 Å². The van der Waals surface area contributed by atoms with Crippen LogP contribution in [0.4, 0.5) is 0 Å². The Hall–Kier alpha value is -3.65. The number of methoxy groups -OCH3 is 1. The summed E-state index contributed by atoms with van der Waals surface area (Å²) in [6.45, 7) is 3.50. The van der Waals surface area contributed by atoms with Gasteiger partial charge in [0.1, 0.15) is 5.75 Å². The molecular weight excluding hydrogens is 428 g/mol. The maximum atomic E-state index is 13.5. The van der Waals surface area contributed by atoms with E-state index in [0.717, 1.165) is 11.1 Å². The molecule has 8 heteroatoms. The smallest absolute Gasteiger partial charge is 0.271 e. The second-order valence-corrected chi connectivity index (χ2v) is 8.53. The average molecular weight is 449 g/mol. The fourth-order valence-electron chi connectivity index (χ4n) is 4.03. The third-order valence-electron chi connectivity index (χ3n) is 5.53. The SMILES string of the molecule is COc1ccc(C2C(C(C)=O)=C(C)N=c3s/c(=C/c4ccc5c(c4)OCO5)c(=O)n32)cc1. The van der Waals surface area contributed by atoms with Crippen LogP contribution in [0.3, 0.4) is 0 Å². The van der Waals surface area contributed by atoms with Gasteiger partial charge in [-0.2, -0.15) is 0 Å². The number of allylic oxidation sites excluding steroid dienone is 2. The lowest BCUT2D eigenvalue weighted by molar-refractivity contribution is -0.114. The molecule has 0 radical (unpaired) electrons. The fraction of sp³-hybridized carbons (Fsp3) is 0.208. The number of thiazole rings is 1. The molecule has 2 aromatic carbocycles. The maximum Gasteiger partial charge on any atom is 0.271 e. The number of ether oxygens (including phenoxy) is 3. The van der Waals surface area contributed by atoms with Gasteiger partial charge in [0.05, 0.1) is 17.7 Å². The number of ketones is 1. The highest BCUT2D eigenvalue weighted by Crippen LogP contribution is 2.33. The van der Waals surface area contributed by atoms with Gasteiger partial charge in [0.25, 0.3) is 5.56 Å². The van der Waals surface area contributed by atoms with E-state index in [4.69, 9.17) is 14.2 Å². The zero-order valence-corrected chi connectivity index (χ0v) is 18.6. The number of hydrogen-bond donors (Lipinski definition) is 0. The quantitative estimate of drug-likeness (QED) is 0.613. The summed E-state index contributed by atoms with van der Waals surface area (Å²) in [6, 6.07) is 12.4. The fourth-order valence-corrected chi connectivity index (χ4v) is 5.07. The normalized spacial score (nSPS) is 17.2. The van der Waals surface area contributed by atoms with E-state index < -0.39 is 6.04 Å². The molecule has 0 aliphatic carbocycles. The van der Waals surface area contributed by atoms with E-state index in [9.17, 15) is 9.59 Å². The van der Waals surface area contributed by atoms with E-state index in [2.05, 4.69) is 4.99 Å². The summed E-state index contributed by atoms with van der Waals surface area (Å²) < 4.78 is 18.2. The van der Waals surface area contributed by atoms with Crippen molar-refractivity contribution < 1.29 is 19.0 Å². The number of carbonyl (C=O) groups is 1. The van der Waals surface area contributed by atoms with Crippen LogP contribution in [0.5, 0.6) is 17.2 Å². The minimum atomic E-state index is -0.548. The van der Waals surface area contributed by atoms with E-state index in [0.29, 0.717) is 37.9 Å². The van der Waals surface area contributed by atoms with Crippen LogP contribution in [0.1, 0.15) is 31.0 Å². The number of Topliss-reactive ketones (excluding diaryl/α,β-unsaturated/α-hetero) is 1. The van der Waals surface area contributed by atoms with Crippen LogP contribution in [0, 0.1) is 0 Å². The van der Waals surface area contributed by atoms with Crippen LogP contribution in [0.25, 0.3) is 6.08 Å². The molecule has 0 bridgehead atoms. The van der Waals surface area contributed by atoms with Crippen LogP contribution in [-0.2, 0) is 4.79 Å². The molecule has 7 nitrogen and oxygen atoms in total. The molecule has 0 spiro atoms. The third-order valence-corrected chi connectivity index (χ3v) is 6.51. The Labute approximate surface area is 187 Å². The molecule has 3 aromatic rings. The Morgan fingerprint density at radius 1 is 1.19 bits per heavy atom. The van der Waals surface area contributed by atoms with Gasteiger partial charge < -0.3 is 14.2 Å². The highest BCUT2D eigenvalue weighted by Gasteiger charge is 2.30. The molecule has 0 fully saturated rings. The van der Waals surface area contributed by atoms with Gasteiger partial charge >= 0.3 is 0 Å². The molecule has 0 saturated carbocycles. The zero-order valence-electron chi connectivity index (χ0n) is 17.7. The Bertz CT molecular complexity index is 1450. The van der Waals surface area contributed by atoms with Crippen LogP contribution >= 0.6 is 11.3 Å². The molecule has 1 atom stereocenters. The highest BCUT2D eigenvalue weighted by molar-refractivity contribution is 7.07. The van der Waals surface area contributed by atoms with E-state index in [1.54, 1.807) is 11.7 Å². The van der Waals surface area contributed by atoms with Crippen molar-refractivity contribution in [3.05, 3.63) is 84.5 Å². The lowest BCUT2D eigenvalue weighted by atomic mass is 9.93. The summed E-state index contributed by atoms with van der Waals surface area (Å²) >= 11 is 1.30. The zero-order chi connectivity index (χ0) is 22.4. The van der Waals surface area contributed by atoms with Crippen molar-refractivity contribution in [2.24, 2.45) is 4.99 Å². The predicted octanol–water partition coefficient (Wildman–Crippen LogP) is 2.56. The van der Waals surface area contributed by atoms with Crippen molar-refractivity contribution in [1.29, 1.82) is 0 Å². The second-order valence-electron chi connectivity index (χ2n) is 7.52. The lowest BCUT2D eigenvalue weighted by Gasteiger charge is -2.24. The molecule has 0 amide bonds. The van der Waals surface area contributed by atoms with Gasteiger partial charge in [0, 0.05) is 11.3 Å². The Balaban J connectivity index is 1.69. The van der Waals surface area contributed by atoms with Crippen molar-refractivity contribution in [3.63, 3.8) is 0 Å². The molecule has 0 N–H and O–H groups in total. The molecule has 0 saturated heterocycles. The van der Waals surface area contributed by atoms with Crippen LogP contribution in [0.2, 0.25) is 0 Å². The van der Waals surface area contributed by atoms with Crippen LogP contribution in [-0.4, -0.2) is 24.3 Å². The minimum absolute atomic E-state index is 0.114. The first-order valence-corrected chi connectivity index (χ1v) is 10.8. The minimum Gasteiger partial charge on any atom is -0.497 e. The second kappa shape index (κ2) is 7.80. The molecular formula is C24H20N2O5S. The summed E-state index contributed by atoms with van der Waals surface area (Å²) in [5.41, 5.74) is 2.58. The summed E-state index contributed by atoms with van der Waals surface area (Å²) in [5, 5.41) is 0. The first-order valence-electron chi connectivity index (χ1n) is 10.0. The monoisotopic (exact) mass is 448 g/mol. The summed E-state index contributed by atoms with van der Waals surface area (Å²) in [6.07, 6.45) is 1.81. The first-order chi connectivity index (χ1) is 15.5. The van der Waals surface area contributed by atoms with Gasteiger partial charge in [0.15, 0.2) is 22.1 Å². The molecule has 2 aliphatic rings. The summed E-state index contributed by atoms with van der Waals surface area (Å²) in [7, 11) is 1.60. The van der Waals surface area contributed by atoms with Gasteiger partial charge in [-0.25, -0.2) is 4.99 Å². The van der Waals surface area contributed by atoms with Crippen LogP contribution < -0.4 is 29.1 Å². The van der Waals surface area contributed by atoms with Crippen molar-refractivity contribution in [2.75, 3.05) is 13.9 Å². The Morgan fingerprint density at radius 3 is 2.66 bits per heavy atom. The largest absolute Gasteiger partial charge is 0.497 e. The summed E-state index contributed by atoms with van der Waals surface area (Å²) in [5.74, 6) is 1.92. The van der Waals surface area contributed by atoms with Gasteiger partial charge in [-0.15, -0.1) is 0 Å². The average Bonchev–Trinajstić information content (AvgIpc) is 3.36. The van der Waals surface area contributed by atoms with Gasteiger partial charge in [-0.3, -0.25) is 14.2 Å². The predicted molar refractivity (Wildman–Crippen MR) is 120 cm³/mol. The summed E-state index contributed by atoms with van der Waals surface area (Å²) in [4.78, 5) is 31.2. The van der Waals surface area contributed by atoms with Gasteiger partial charge in [-0.05, 0) is 55.3 Å². The maximum absolute atomic E-state index is 13.5. The Morgan fingerprint density at radius 2 is 1.94 bits per heavy atom. The number of aromatic nitrogens is 1. The Kier molecular flexibility index (Phi) is 4.94. The van der Waals surface area contributed by atoms with E-state index >= 15 is 0 Å². The van der Waals surface area contributed by atoms with E-state index in [-0.39, 0.29) is 18.1 Å². The van der Waals surface area contributed by atoms with Gasteiger partial charge in [-0.1, -0.05) is 29.5 Å². The topological polar surface area (TPSA) is 79.1 Å². The standard InChI is InChI=1S/C24H20N2O5S/c1-13-21(14(2)27)22(16-5-7-17(29-3)8-6-16)26-23(28)20(32-24(26)25-13)11-15-4-9-18-19(10-15)31-12-30-18/h4-11,22H,12H2,1-3H3/b20-11+. The molecule has 162 valence electrons. The highest BCUT2D eigenvalue weighted by atomic mass is 32.1. The molecule has 2 aliphatic heterocycles. The lowest BCUT2D eigenvalue weighted by Crippen LogP contribution is -2.39. The van der Waals surface area contributed by atoms with Crippen molar-refractivity contribution in [1.82, 2.24) is 4.57 Å².